The standard InChI is InChI=1S/C20H24N4O3/c1-3-21-20(23-12-17(25)18-5-4-10-26-18)22-11-16-13-27-19(24-16)15-8-6-14(2)7-9-15/h4-10,13,17,25H,3,11-12H2,1-2H3,(H2,21,22,23). The average molecular weight is 368 g/mol. The zero-order chi connectivity index (χ0) is 19.1. The lowest BCUT2D eigenvalue weighted by molar-refractivity contribution is 0.153. The second-order valence-corrected chi connectivity index (χ2v) is 6.12. The van der Waals surface area contributed by atoms with E-state index in [1.54, 1.807) is 18.4 Å². The van der Waals surface area contributed by atoms with Crippen LogP contribution in [0.2, 0.25) is 0 Å². The van der Waals surface area contributed by atoms with Gasteiger partial charge in [-0.3, -0.25) is 0 Å². The summed E-state index contributed by atoms with van der Waals surface area (Å²) in [6, 6.07) is 11.5. The zero-order valence-electron chi connectivity index (χ0n) is 15.5. The highest BCUT2D eigenvalue weighted by atomic mass is 16.4. The number of aliphatic hydroxyl groups is 1. The molecule has 27 heavy (non-hydrogen) atoms. The van der Waals surface area contributed by atoms with Gasteiger partial charge in [-0.15, -0.1) is 0 Å². The van der Waals surface area contributed by atoms with E-state index in [-0.39, 0.29) is 6.54 Å². The van der Waals surface area contributed by atoms with Crippen LogP contribution >= 0.6 is 0 Å². The molecule has 0 radical (unpaired) electrons. The Balaban J connectivity index is 1.60. The highest BCUT2D eigenvalue weighted by Gasteiger charge is 2.11. The average Bonchev–Trinajstić information content (AvgIpc) is 3.36. The predicted octanol–water partition coefficient (Wildman–Crippen LogP) is 3.03. The summed E-state index contributed by atoms with van der Waals surface area (Å²) in [6.45, 7) is 5.37. The van der Waals surface area contributed by atoms with Gasteiger partial charge in [-0.1, -0.05) is 17.7 Å². The van der Waals surface area contributed by atoms with Crippen LogP contribution in [-0.4, -0.2) is 29.1 Å². The molecule has 0 aliphatic carbocycles. The normalized spacial score (nSPS) is 12.8. The van der Waals surface area contributed by atoms with E-state index >= 15 is 0 Å². The molecule has 0 aliphatic heterocycles. The van der Waals surface area contributed by atoms with Crippen molar-refractivity contribution < 1.29 is 13.9 Å². The number of furan rings is 1. The molecule has 0 spiro atoms. The Labute approximate surface area is 158 Å². The fourth-order valence-corrected chi connectivity index (χ4v) is 2.48. The number of aliphatic imine (C=N–C) groups is 1. The molecule has 0 saturated carbocycles. The summed E-state index contributed by atoms with van der Waals surface area (Å²) in [4.78, 5) is 8.97. The maximum Gasteiger partial charge on any atom is 0.226 e. The molecular formula is C20H24N4O3. The minimum Gasteiger partial charge on any atom is -0.467 e. The molecule has 0 aliphatic rings. The second-order valence-electron chi connectivity index (χ2n) is 6.12. The summed E-state index contributed by atoms with van der Waals surface area (Å²) >= 11 is 0. The van der Waals surface area contributed by atoms with E-state index in [4.69, 9.17) is 8.83 Å². The summed E-state index contributed by atoms with van der Waals surface area (Å²) in [5.41, 5.74) is 2.85. The van der Waals surface area contributed by atoms with Gasteiger partial charge >= 0.3 is 0 Å². The monoisotopic (exact) mass is 368 g/mol. The number of guanidine groups is 1. The second kappa shape index (κ2) is 9.05. The Hall–Kier alpha value is -3.06. The Morgan fingerprint density at radius 1 is 1.19 bits per heavy atom. The van der Waals surface area contributed by atoms with Crippen molar-refractivity contribution in [2.45, 2.75) is 26.5 Å². The molecule has 0 saturated heterocycles. The molecule has 1 unspecified atom stereocenters. The Morgan fingerprint density at radius 2 is 2.00 bits per heavy atom. The zero-order valence-corrected chi connectivity index (χ0v) is 15.5. The summed E-state index contributed by atoms with van der Waals surface area (Å²) in [7, 11) is 0. The van der Waals surface area contributed by atoms with Gasteiger partial charge < -0.3 is 24.6 Å². The minimum atomic E-state index is -0.746. The van der Waals surface area contributed by atoms with Gasteiger partial charge in [0.15, 0.2) is 5.96 Å². The first-order valence-corrected chi connectivity index (χ1v) is 8.90. The maximum atomic E-state index is 10.1. The first-order valence-electron chi connectivity index (χ1n) is 8.90. The number of aryl methyl sites for hydroxylation is 1. The number of hydrogen-bond donors (Lipinski definition) is 3. The molecule has 2 aromatic heterocycles. The number of rotatable bonds is 7. The summed E-state index contributed by atoms with van der Waals surface area (Å²) < 4.78 is 10.8. The Morgan fingerprint density at radius 3 is 2.70 bits per heavy atom. The van der Waals surface area contributed by atoms with Crippen LogP contribution in [0, 0.1) is 6.92 Å². The number of oxazole rings is 1. The van der Waals surface area contributed by atoms with E-state index in [1.165, 1.54) is 11.8 Å². The van der Waals surface area contributed by atoms with Crippen molar-refractivity contribution in [1.82, 2.24) is 15.6 Å². The first-order chi connectivity index (χ1) is 13.2. The molecule has 3 N–H and O–H groups in total. The highest BCUT2D eigenvalue weighted by Crippen LogP contribution is 2.19. The van der Waals surface area contributed by atoms with Crippen molar-refractivity contribution in [2.75, 3.05) is 13.1 Å². The molecule has 142 valence electrons. The Kier molecular flexibility index (Phi) is 6.27. The molecule has 3 aromatic rings. The van der Waals surface area contributed by atoms with Crippen molar-refractivity contribution >= 4 is 5.96 Å². The minimum absolute atomic E-state index is 0.285. The van der Waals surface area contributed by atoms with Crippen LogP contribution in [0.15, 0.2) is 62.8 Å². The van der Waals surface area contributed by atoms with E-state index in [0.717, 1.165) is 11.3 Å². The third-order valence-electron chi connectivity index (χ3n) is 3.93. The quantitative estimate of drug-likeness (QED) is 0.438. The van der Waals surface area contributed by atoms with Crippen LogP contribution in [0.5, 0.6) is 0 Å². The third-order valence-corrected chi connectivity index (χ3v) is 3.93. The molecule has 3 rings (SSSR count). The van der Waals surface area contributed by atoms with E-state index in [1.807, 2.05) is 38.1 Å². The fourth-order valence-electron chi connectivity index (χ4n) is 2.48. The van der Waals surface area contributed by atoms with Crippen molar-refractivity contribution in [3.05, 3.63) is 65.9 Å². The van der Waals surface area contributed by atoms with E-state index in [0.29, 0.717) is 30.7 Å². The molecule has 0 amide bonds. The molecule has 1 aromatic carbocycles. The van der Waals surface area contributed by atoms with Gasteiger partial charge in [0.2, 0.25) is 5.89 Å². The van der Waals surface area contributed by atoms with Gasteiger partial charge in [-0.2, -0.15) is 0 Å². The number of benzene rings is 1. The van der Waals surface area contributed by atoms with Crippen LogP contribution in [0.1, 0.15) is 30.0 Å². The van der Waals surface area contributed by atoms with Crippen LogP contribution in [-0.2, 0) is 6.54 Å². The first kappa shape index (κ1) is 18.7. The van der Waals surface area contributed by atoms with Crippen LogP contribution < -0.4 is 10.6 Å². The number of aliphatic hydroxyl groups excluding tert-OH is 1. The highest BCUT2D eigenvalue weighted by molar-refractivity contribution is 5.79. The van der Waals surface area contributed by atoms with Crippen LogP contribution in [0.25, 0.3) is 11.5 Å². The number of nitrogens with one attached hydrogen (secondary N) is 2. The summed E-state index contributed by atoms with van der Waals surface area (Å²) in [5, 5.41) is 16.3. The lowest BCUT2D eigenvalue weighted by Crippen LogP contribution is -2.39. The molecular weight excluding hydrogens is 344 g/mol. The largest absolute Gasteiger partial charge is 0.467 e. The molecule has 7 heteroatoms. The smallest absolute Gasteiger partial charge is 0.226 e. The van der Waals surface area contributed by atoms with Crippen molar-refractivity contribution in [1.29, 1.82) is 0 Å². The SMILES string of the molecule is CCNC(=NCc1coc(-c2ccc(C)cc2)n1)NCC(O)c1ccco1. The van der Waals surface area contributed by atoms with Gasteiger partial charge in [-0.25, -0.2) is 9.98 Å². The predicted molar refractivity (Wildman–Crippen MR) is 103 cm³/mol. The molecule has 0 bridgehead atoms. The molecule has 0 fully saturated rings. The Bertz CT molecular complexity index is 854. The van der Waals surface area contributed by atoms with Gasteiger partial charge in [-0.05, 0) is 38.1 Å². The van der Waals surface area contributed by atoms with Gasteiger partial charge in [0, 0.05) is 12.1 Å². The summed E-state index contributed by atoms with van der Waals surface area (Å²) in [5.74, 6) is 1.67. The lowest BCUT2D eigenvalue weighted by Gasteiger charge is -2.13. The van der Waals surface area contributed by atoms with Gasteiger partial charge in [0.25, 0.3) is 0 Å². The number of nitrogens with zero attached hydrogens (tertiary/aromatic N) is 2. The number of aromatic nitrogens is 1. The van der Waals surface area contributed by atoms with E-state index < -0.39 is 6.10 Å². The summed E-state index contributed by atoms with van der Waals surface area (Å²) in [6.07, 6.45) is 2.40. The van der Waals surface area contributed by atoms with Gasteiger partial charge in [0.05, 0.1) is 19.4 Å². The maximum absolute atomic E-state index is 10.1. The van der Waals surface area contributed by atoms with Gasteiger partial charge in [0.1, 0.15) is 23.8 Å². The van der Waals surface area contributed by atoms with Crippen molar-refractivity contribution in [3.8, 4) is 11.5 Å². The molecule has 2 heterocycles. The fraction of sp³-hybridized carbons (Fsp3) is 0.300. The van der Waals surface area contributed by atoms with Crippen molar-refractivity contribution in [3.63, 3.8) is 0 Å². The van der Waals surface area contributed by atoms with Crippen LogP contribution in [0.4, 0.5) is 0 Å². The third kappa shape index (κ3) is 5.21. The van der Waals surface area contributed by atoms with E-state index in [2.05, 4.69) is 20.6 Å². The van der Waals surface area contributed by atoms with Crippen LogP contribution in [0.3, 0.4) is 0 Å². The van der Waals surface area contributed by atoms with E-state index in [9.17, 15) is 5.11 Å². The molecule has 7 nitrogen and oxygen atoms in total. The lowest BCUT2D eigenvalue weighted by atomic mass is 10.1. The number of hydrogen-bond acceptors (Lipinski definition) is 5. The van der Waals surface area contributed by atoms with Crippen molar-refractivity contribution in [2.24, 2.45) is 4.99 Å². The molecule has 1 atom stereocenters. The topological polar surface area (TPSA) is 95.8 Å².